The fourth-order valence-corrected chi connectivity index (χ4v) is 4.76. The van der Waals surface area contributed by atoms with E-state index in [9.17, 15) is 14.0 Å². The zero-order chi connectivity index (χ0) is 22.2. The van der Waals surface area contributed by atoms with Gasteiger partial charge in [0, 0.05) is 34.4 Å². The van der Waals surface area contributed by atoms with Gasteiger partial charge in [-0.15, -0.1) is 0 Å². The highest BCUT2D eigenvalue weighted by molar-refractivity contribution is 6.07. The van der Waals surface area contributed by atoms with Crippen LogP contribution in [-0.4, -0.2) is 37.7 Å². The first-order valence-electron chi connectivity index (χ1n) is 11.0. The van der Waals surface area contributed by atoms with Gasteiger partial charge in [0.15, 0.2) is 0 Å². The summed E-state index contributed by atoms with van der Waals surface area (Å²) in [5.41, 5.74) is 1.42. The summed E-state index contributed by atoms with van der Waals surface area (Å²) in [6.07, 6.45) is 4.72. The van der Waals surface area contributed by atoms with Crippen molar-refractivity contribution >= 4 is 27.7 Å². The van der Waals surface area contributed by atoms with E-state index in [-0.39, 0.29) is 36.4 Å². The van der Waals surface area contributed by atoms with Crippen LogP contribution in [0.3, 0.4) is 0 Å². The third-order valence-electron chi connectivity index (χ3n) is 6.47. The molecule has 1 saturated heterocycles. The second kappa shape index (κ2) is 8.22. The number of benzene rings is 2. The van der Waals surface area contributed by atoms with Crippen LogP contribution in [0.25, 0.3) is 21.8 Å². The van der Waals surface area contributed by atoms with Crippen LogP contribution < -0.4 is 5.56 Å². The zero-order valence-electron chi connectivity index (χ0n) is 18.0. The molecule has 1 aliphatic rings. The lowest BCUT2D eigenvalue weighted by Gasteiger charge is -2.33. The van der Waals surface area contributed by atoms with Gasteiger partial charge in [-0.3, -0.25) is 9.59 Å². The van der Waals surface area contributed by atoms with Crippen molar-refractivity contribution in [3.8, 4) is 0 Å². The molecule has 0 spiro atoms. The van der Waals surface area contributed by atoms with E-state index < -0.39 is 0 Å². The van der Waals surface area contributed by atoms with Gasteiger partial charge in [-0.05, 0) is 38.3 Å². The molecule has 0 unspecified atom stereocenters. The predicted molar refractivity (Wildman–Crippen MR) is 122 cm³/mol. The first-order chi connectivity index (χ1) is 15.5. The Morgan fingerprint density at radius 3 is 2.69 bits per heavy atom. The van der Waals surface area contributed by atoms with Crippen LogP contribution >= 0.6 is 0 Å². The Labute approximate surface area is 184 Å². The number of rotatable bonds is 4. The molecule has 1 aliphatic heterocycles. The number of fused-ring (bicyclic) bond motifs is 3. The van der Waals surface area contributed by atoms with Crippen molar-refractivity contribution in [2.24, 2.45) is 0 Å². The summed E-state index contributed by atoms with van der Waals surface area (Å²) in [6.45, 7) is 2.88. The molecule has 0 saturated carbocycles. The van der Waals surface area contributed by atoms with Gasteiger partial charge >= 0.3 is 0 Å². The minimum atomic E-state index is -0.340. The minimum absolute atomic E-state index is 0.0945. The number of likely N-dealkylation sites (tertiary alicyclic amines) is 1. The van der Waals surface area contributed by atoms with Crippen molar-refractivity contribution in [3.05, 3.63) is 76.5 Å². The molecule has 5 rings (SSSR count). The first kappa shape index (κ1) is 20.4. The van der Waals surface area contributed by atoms with E-state index in [0.29, 0.717) is 23.0 Å². The number of nitrogens with zero attached hydrogens (tertiary/aromatic N) is 4. The molecule has 4 aromatic rings. The van der Waals surface area contributed by atoms with Crippen molar-refractivity contribution in [2.45, 2.75) is 45.3 Å². The van der Waals surface area contributed by atoms with E-state index in [1.807, 2.05) is 40.7 Å². The van der Waals surface area contributed by atoms with E-state index >= 15 is 0 Å². The fraction of sp³-hybridized carbons (Fsp3) is 0.320. The highest BCUT2D eigenvalue weighted by Crippen LogP contribution is 2.27. The Bertz CT molecular complexity index is 1370. The molecule has 0 radical (unpaired) electrons. The lowest BCUT2D eigenvalue weighted by Crippen LogP contribution is -2.45. The van der Waals surface area contributed by atoms with Crippen LogP contribution in [-0.2, 0) is 17.9 Å². The molecule has 3 heterocycles. The van der Waals surface area contributed by atoms with Gasteiger partial charge in [0.05, 0.1) is 12.7 Å². The summed E-state index contributed by atoms with van der Waals surface area (Å²) in [7, 11) is 0. The number of para-hydroxylation sites is 1. The van der Waals surface area contributed by atoms with Gasteiger partial charge in [0.2, 0.25) is 5.91 Å². The Morgan fingerprint density at radius 2 is 1.88 bits per heavy atom. The zero-order valence-corrected chi connectivity index (χ0v) is 18.0. The second-order valence-corrected chi connectivity index (χ2v) is 8.50. The summed E-state index contributed by atoms with van der Waals surface area (Å²) in [4.78, 5) is 28.3. The van der Waals surface area contributed by atoms with Crippen molar-refractivity contribution in [2.75, 3.05) is 6.54 Å². The Balaban J connectivity index is 1.61. The number of carbonyl (C=O) groups excluding carboxylic acids is 1. The maximum atomic E-state index is 14.4. The molecule has 1 amide bonds. The predicted octanol–water partition coefficient (Wildman–Crippen LogP) is 3.94. The Hall–Kier alpha value is -3.48. The van der Waals surface area contributed by atoms with Crippen molar-refractivity contribution < 1.29 is 9.18 Å². The number of piperidine rings is 1. The molecule has 0 N–H and O–H groups in total. The van der Waals surface area contributed by atoms with E-state index in [0.717, 1.165) is 30.2 Å². The number of hydrogen-bond donors (Lipinski definition) is 0. The van der Waals surface area contributed by atoms with Crippen LogP contribution in [0.1, 0.15) is 31.7 Å². The van der Waals surface area contributed by atoms with Gasteiger partial charge in [-0.1, -0.05) is 36.4 Å². The molecule has 164 valence electrons. The van der Waals surface area contributed by atoms with Crippen molar-refractivity contribution in [1.82, 2.24) is 19.2 Å². The van der Waals surface area contributed by atoms with Crippen LogP contribution in [0.2, 0.25) is 0 Å². The summed E-state index contributed by atoms with van der Waals surface area (Å²) < 4.78 is 17.5. The van der Waals surface area contributed by atoms with Crippen molar-refractivity contribution in [3.63, 3.8) is 0 Å². The SMILES string of the molecule is C[C@@H]1CCCCN1C(=O)Cn1ncc2c3ccccc3n(Cc3ccccc3F)c2c1=O. The minimum Gasteiger partial charge on any atom is -0.338 e. The highest BCUT2D eigenvalue weighted by Gasteiger charge is 2.25. The fourth-order valence-electron chi connectivity index (χ4n) is 4.76. The number of aromatic nitrogens is 3. The molecular weight excluding hydrogens is 407 g/mol. The Morgan fingerprint density at radius 1 is 1.09 bits per heavy atom. The quantitative estimate of drug-likeness (QED) is 0.491. The van der Waals surface area contributed by atoms with Gasteiger partial charge in [-0.2, -0.15) is 5.10 Å². The van der Waals surface area contributed by atoms with E-state index in [2.05, 4.69) is 5.10 Å². The molecule has 0 aliphatic carbocycles. The van der Waals surface area contributed by atoms with Crippen LogP contribution in [0, 0.1) is 5.82 Å². The summed E-state index contributed by atoms with van der Waals surface area (Å²) >= 11 is 0. The lowest BCUT2D eigenvalue weighted by atomic mass is 10.0. The standard InChI is InChI=1S/C25H25FN4O2/c1-17-8-6-7-13-28(17)23(31)16-30-25(32)24-20(14-27-30)19-10-3-5-12-22(19)29(24)15-18-9-2-4-11-21(18)26/h2-5,9-12,14,17H,6-8,13,15-16H2,1H3/t17-/m1/s1. The monoisotopic (exact) mass is 432 g/mol. The first-order valence-corrected chi connectivity index (χ1v) is 11.0. The van der Waals surface area contributed by atoms with Gasteiger partial charge in [0.25, 0.3) is 5.56 Å². The summed E-state index contributed by atoms with van der Waals surface area (Å²) in [5, 5.41) is 5.91. The molecule has 32 heavy (non-hydrogen) atoms. The molecule has 2 aromatic heterocycles. The number of carbonyl (C=O) groups is 1. The molecule has 1 atom stereocenters. The maximum absolute atomic E-state index is 14.4. The average Bonchev–Trinajstić information content (AvgIpc) is 3.12. The topological polar surface area (TPSA) is 60.1 Å². The van der Waals surface area contributed by atoms with Gasteiger partial charge in [0.1, 0.15) is 17.9 Å². The smallest absolute Gasteiger partial charge is 0.291 e. The lowest BCUT2D eigenvalue weighted by molar-refractivity contribution is -0.135. The molecule has 0 bridgehead atoms. The van der Waals surface area contributed by atoms with Crippen LogP contribution in [0.4, 0.5) is 4.39 Å². The third-order valence-corrected chi connectivity index (χ3v) is 6.47. The van der Waals surface area contributed by atoms with Gasteiger partial charge < -0.3 is 9.47 Å². The largest absolute Gasteiger partial charge is 0.338 e. The normalized spacial score (nSPS) is 16.7. The van der Waals surface area contributed by atoms with E-state index in [1.165, 1.54) is 10.7 Å². The molecule has 1 fully saturated rings. The van der Waals surface area contributed by atoms with Crippen molar-refractivity contribution in [1.29, 1.82) is 0 Å². The summed E-state index contributed by atoms with van der Waals surface area (Å²) in [6, 6.07) is 14.4. The molecule has 2 aromatic carbocycles. The average molecular weight is 432 g/mol. The number of hydrogen-bond acceptors (Lipinski definition) is 3. The van der Waals surface area contributed by atoms with Crippen LogP contribution in [0.15, 0.2) is 59.5 Å². The highest BCUT2D eigenvalue weighted by atomic mass is 19.1. The van der Waals surface area contributed by atoms with Crippen LogP contribution in [0.5, 0.6) is 0 Å². The Kier molecular flexibility index (Phi) is 5.25. The summed E-state index contributed by atoms with van der Waals surface area (Å²) in [5.74, 6) is -0.412. The third kappa shape index (κ3) is 3.47. The molecule has 7 heteroatoms. The van der Waals surface area contributed by atoms with E-state index in [1.54, 1.807) is 24.4 Å². The van der Waals surface area contributed by atoms with E-state index in [4.69, 9.17) is 0 Å². The molecule has 6 nitrogen and oxygen atoms in total. The molecular formula is C25H25FN4O2. The number of halogens is 1. The van der Waals surface area contributed by atoms with Gasteiger partial charge in [-0.25, -0.2) is 9.07 Å². The maximum Gasteiger partial charge on any atom is 0.291 e. The second-order valence-electron chi connectivity index (χ2n) is 8.50. The number of amides is 1.